The number of hydrogen-bond acceptors (Lipinski definition) is 2. The van der Waals surface area contributed by atoms with Crippen LogP contribution in [0.4, 0.5) is 0 Å². The van der Waals surface area contributed by atoms with Gasteiger partial charge in [-0.2, -0.15) is 0 Å². The third kappa shape index (κ3) is 1.51. The average molecular weight is 413 g/mol. The van der Waals surface area contributed by atoms with Gasteiger partial charge in [-0.1, -0.05) is 0 Å². The van der Waals surface area contributed by atoms with E-state index in [0.29, 0.717) is 0 Å². The minimum atomic E-state index is -2.45. The molecule has 2 aromatic carbocycles. The van der Waals surface area contributed by atoms with Crippen LogP contribution >= 0.6 is 22.7 Å². The van der Waals surface area contributed by atoms with Crippen LogP contribution in [-0.4, -0.2) is 18.4 Å². The van der Waals surface area contributed by atoms with Crippen molar-refractivity contribution < 1.29 is 0 Å². The van der Waals surface area contributed by atoms with E-state index in [-0.39, 0.29) is 0 Å². The van der Waals surface area contributed by atoms with Gasteiger partial charge in [-0.25, -0.2) is 0 Å². The normalized spacial score (nSPS) is 15.5. The maximum absolute atomic E-state index is 2.59. The molecule has 21 heavy (non-hydrogen) atoms. The third-order valence-electron chi connectivity index (χ3n) is 4.65. The molecule has 1 aliphatic heterocycles. The van der Waals surface area contributed by atoms with Crippen molar-refractivity contribution in [3.63, 3.8) is 0 Å². The molecule has 0 nitrogen and oxygen atoms in total. The SMILES string of the molecule is [CH3][Sn]1([CH3])[c]2c(sc3ccccc23)-c2sc3ccccc3[c]21. The van der Waals surface area contributed by atoms with Crippen molar-refractivity contribution >= 4 is 68.4 Å². The molecule has 0 aliphatic carbocycles. The molecule has 0 spiro atoms. The number of benzene rings is 2. The fourth-order valence-corrected chi connectivity index (χ4v) is 21.2. The van der Waals surface area contributed by atoms with Crippen LogP contribution in [0, 0.1) is 0 Å². The Morgan fingerprint density at radius 3 is 1.57 bits per heavy atom. The van der Waals surface area contributed by atoms with Crippen molar-refractivity contribution in [2.24, 2.45) is 0 Å². The molecule has 0 saturated carbocycles. The van der Waals surface area contributed by atoms with Crippen molar-refractivity contribution in [2.45, 2.75) is 9.88 Å². The third-order valence-corrected chi connectivity index (χ3v) is 18.3. The summed E-state index contributed by atoms with van der Waals surface area (Å²) in [6, 6.07) is 18.0. The molecule has 5 rings (SSSR count). The van der Waals surface area contributed by atoms with E-state index in [9.17, 15) is 0 Å². The van der Waals surface area contributed by atoms with Crippen molar-refractivity contribution in [1.29, 1.82) is 0 Å². The zero-order valence-corrected chi connectivity index (χ0v) is 16.4. The Labute approximate surface area is 135 Å². The summed E-state index contributed by atoms with van der Waals surface area (Å²) in [5.74, 6) is 0. The molecular formula is C18H14S2Sn. The van der Waals surface area contributed by atoms with Crippen molar-refractivity contribution in [2.75, 3.05) is 0 Å². The quantitative estimate of drug-likeness (QED) is 0.359. The summed E-state index contributed by atoms with van der Waals surface area (Å²) < 4.78 is 6.43. The van der Waals surface area contributed by atoms with Gasteiger partial charge in [-0.3, -0.25) is 0 Å². The van der Waals surface area contributed by atoms with Crippen LogP contribution in [0.1, 0.15) is 0 Å². The fraction of sp³-hybridized carbons (Fsp3) is 0.111. The Morgan fingerprint density at radius 1 is 0.667 bits per heavy atom. The van der Waals surface area contributed by atoms with Gasteiger partial charge in [-0.05, 0) is 0 Å². The Kier molecular flexibility index (Phi) is 2.49. The van der Waals surface area contributed by atoms with E-state index in [1.807, 2.05) is 22.7 Å². The summed E-state index contributed by atoms with van der Waals surface area (Å²) >= 11 is 1.57. The second kappa shape index (κ2) is 4.12. The van der Waals surface area contributed by atoms with E-state index in [0.717, 1.165) is 0 Å². The van der Waals surface area contributed by atoms with E-state index in [2.05, 4.69) is 58.4 Å². The monoisotopic (exact) mass is 414 g/mol. The van der Waals surface area contributed by atoms with Gasteiger partial charge in [0.25, 0.3) is 0 Å². The zero-order chi connectivity index (χ0) is 14.2. The molecule has 0 amide bonds. The van der Waals surface area contributed by atoms with Crippen LogP contribution in [0.5, 0.6) is 0 Å². The summed E-state index contributed by atoms with van der Waals surface area (Å²) in [5.41, 5.74) is 0. The second-order valence-electron chi connectivity index (χ2n) is 6.23. The van der Waals surface area contributed by atoms with Gasteiger partial charge in [0.05, 0.1) is 0 Å². The summed E-state index contributed by atoms with van der Waals surface area (Å²) in [5, 5.41) is 3.07. The summed E-state index contributed by atoms with van der Waals surface area (Å²) in [7, 11) is 0. The van der Waals surface area contributed by atoms with E-state index < -0.39 is 18.4 Å². The summed E-state index contributed by atoms with van der Waals surface area (Å²) in [4.78, 5) is 8.37. The van der Waals surface area contributed by atoms with Gasteiger partial charge >= 0.3 is 137 Å². The molecule has 0 atom stereocenters. The first-order valence-electron chi connectivity index (χ1n) is 7.22. The molecule has 0 radical (unpaired) electrons. The second-order valence-corrected chi connectivity index (χ2v) is 20.5. The molecule has 0 saturated heterocycles. The number of thiophene rings is 2. The van der Waals surface area contributed by atoms with E-state index in [1.54, 1.807) is 16.9 Å². The number of hydrogen-bond donors (Lipinski definition) is 0. The molecule has 2 aromatic heterocycles. The Morgan fingerprint density at radius 2 is 1.10 bits per heavy atom. The van der Waals surface area contributed by atoms with Crippen molar-refractivity contribution in [3.8, 4) is 9.75 Å². The summed E-state index contributed by atoms with van der Waals surface area (Å²) in [6.07, 6.45) is 0. The van der Waals surface area contributed by atoms with Gasteiger partial charge in [0.15, 0.2) is 0 Å². The van der Waals surface area contributed by atoms with E-state index >= 15 is 0 Å². The number of fused-ring (bicyclic) bond motifs is 7. The van der Waals surface area contributed by atoms with Crippen LogP contribution in [0.2, 0.25) is 9.88 Å². The topological polar surface area (TPSA) is 0 Å². The predicted molar refractivity (Wildman–Crippen MR) is 99.4 cm³/mol. The first-order valence-corrected chi connectivity index (χ1v) is 17.4. The minimum absolute atomic E-state index is 1.47. The van der Waals surface area contributed by atoms with E-state index in [4.69, 9.17) is 0 Å². The van der Waals surface area contributed by atoms with Crippen LogP contribution in [0.25, 0.3) is 29.9 Å². The molecule has 3 heterocycles. The maximum atomic E-state index is 2.59. The fourth-order valence-electron chi connectivity index (χ4n) is 3.78. The Hall–Kier alpha value is -0.841. The predicted octanol–water partition coefficient (Wildman–Crippen LogP) is 4.92. The van der Waals surface area contributed by atoms with Gasteiger partial charge in [0, 0.05) is 0 Å². The first kappa shape index (κ1) is 12.7. The molecule has 0 N–H and O–H groups in total. The van der Waals surface area contributed by atoms with Crippen LogP contribution in [0.15, 0.2) is 48.5 Å². The Bertz CT molecular complexity index is 938. The molecule has 0 bridgehead atoms. The van der Waals surface area contributed by atoms with Gasteiger partial charge < -0.3 is 0 Å². The molecular weight excluding hydrogens is 399 g/mol. The standard InChI is InChI=1S/C16H8S2.2CH3.Sn/c1-3-7-13-11(5-1)9-15(17-13)16-10-12-6-2-4-8-14(12)18-16;;;/h1-8H;2*1H3;. The molecule has 3 heteroatoms. The van der Waals surface area contributed by atoms with E-state index in [1.165, 1.54) is 20.2 Å². The summed E-state index contributed by atoms with van der Waals surface area (Å²) in [6.45, 7) is 0. The van der Waals surface area contributed by atoms with Gasteiger partial charge in [0.2, 0.25) is 0 Å². The first-order chi connectivity index (χ1) is 10.2. The van der Waals surface area contributed by atoms with Crippen molar-refractivity contribution in [1.82, 2.24) is 0 Å². The van der Waals surface area contributed by atoms with Crippen LogP contribution in [-0.2, 0) is 0 Å². The van der Waals surface area contributed by atoms with Gasteiger partial charge in [-0.15, -0.1) is 0 Å². The van der Waals surface area contributed by atoms with Crippen LogP contribution < -0.4 is 7.16 Å². The van der Waals surface area contributed by atoms with Crippen LogP contribution in [0.3, 0.4) is 0 Å². The molecule has 0 unspecified atom stereocenters. The molecule has 1 aliphatic rings. The molecule has 4 aromatic rings. The zero-order valence-electron chi connectivity index (χ0n) is 11.9. The molecule has 0 fully saturated rings. The van der Waals surface area contributed by atoms with Gasteiger partial charge in [0.1, 0.15) is 0 Å². The number of rotatable bonds is 0. The average Bonchev–Trinajstić information content (AvgIpc) is 3.10. The molecule has 102 valence electrons. The Balaban J connectivity index is 2.00. The van der Waals surface area contributed by atoms with Crippen molar-refractivity contribution in [3.05, 3.63) is 48.5 Å².